The molecule has 0 amide bonds. The maximum absolute atomic E-state index is 6.37. The van der Waals surface area contributed by atoms with Gasteiger partial charge in [0.05, 0.1) is 27.4 Å². The smallest absolute Gasteiger partial charge is 0.169 e. The summed E-state index contributed by atoms with van der Waals surface area (Å²) >= 11 is 17.9. The normalized spacial score (nSPS) is 12.8. The van der Waals surface area contributed by atoms with E-state index < -0.39 is 0 Å². The molecule has 2 unspecified atom stereocenters. The standard InChI is InChI=1S/C28H42O4S4/c1-19(35)9-11-31-27-23(15-21(7-5-13-33)17-25(27)29-3)24-16-22(8-6-14-34)18-26(30-4)28(24)32-12-10-20(2)36/h15-20,33-36H,5-14H2,1-4H3. The van der Waals surface area contributed by atoms with Gasteiger partial charge in [0.2, 0.25) is 0 Å². The van der Waals surface area contributed by atoms with Crippen molar-refractivity contribution in [3.63, 3.8) is 0 Å². The number of hydrogen-bond acceptors (Lipinski definition) is 8. The van der Waals surface area contributed by atoms with Gasteiger partial charge in [-0.25, -0.2) is 0 Å². The molecule has 8 heteroatoms. The fourth-order valence-electron chi connectivity index (χ4n) is 3.84. The van der Waals surface area contributed by atoms with Crippen LogP contribution in [0.1, 0.15) is 50.7 Å². The molecule has 0 saturated carbocycles. The van der Waals surface area contributed by atoms with Gasteiger partial charge in [0.25, 0.3) is 0 Å². The minimum atomic E-state index is 0.237. The Labute approximate surface area is 239 Å². The molecule has 0 N–H and O–H groups in total. The Bertz CT molecular complexity index is 859. The molecule has 4 nitrogen and oxygen atoms in total. The van der Waals surface area contributed by atoms with Crippen LogP contribution in [0.3, 0.4) is 0 Å². The number of rotatable bonds is 17. The molecule has 0 aliphatic carbocycles. The Morgan fingerprint density at radius 2 is 1.06 bits per heavy atom. The molecule has 0 aliphatic heterocycles. The highest BCUT2D eigenvalue weighted by Crippen LogP contribution is 2.47. The van der Waals surface area contributed by atoms with E-state index in [1.807, 2.05) is 0 Å². The molecular formula is C28H42O4S4. The van der Waals surface area contributed by atoms with Gasteiger partial charge in [-0.1, -0.05) is 13.8 Å². The molecule has 36 heavy (non-hydrogen) atoms. The molecule has 202 valence electrons. The molecule has 0 saturated heterocycles. The maximum Gasteiger partial charge on any atom is 0.169 e. The molecule has 2 aromatic rings. The highest BCUT2D eigenvalue weighted by Gasteiger charge is 2.22. The van der Waals surface area contributed by atoms with Crippen molar-refractivity contribution in [2.75, 3.05) is 38.9 Å². The average molecular weight is 571 g/mol. The molecule has 0 radical (unpaired) electrons. The molecular weight excluding hydrogens is 529 g/mol. The molecule has 0 spiro atoms. The van der Waals surface area contributed by atoms with Crippen LogP contribution < -0.4 is 18.9 Å². The van der Waals surface area contributed by atoms with E-state index in [-0.39, 0.29) is 10.5 Å². The first-order valence-corrected chi connectivity index (χ1v) is 14.9. The van der Waals surface area contributed by atoms with Crippen molar-refractivity contribution in [1.82, 2.24) is 0 Å². The van der Waals surface area contributed by atoms with Crippen LogP contribution in [0.5, 0.6) is 23.0 Å². The molecule has 0 bridgehead atoms. The second kappa shape index (κ2) is 16.8. The van der Waals surface area contributed by atoms with Crippen molar-refractivity contribution in [3.8, 4) is 34.1 Å². The van der Waals surface area contributed by atoms with E-state index in [1.54, 1.807) is 14.2 Å². The number of thiol groups is 4. The number of ether oxygens (including phenoxy) is 4. The lowest BCUT2D eigenvalue weighted by atomic mass is 9.95. The summed E-state index contributed by atoms with van der Waals surface area (Å²) < 4.78 is 24.4. The lowest BCUT2D eigenvalue weighted by molar-refractivity contribution is 0.286. The van der Waals surface area contributed by atoms with Crippen molar-refractivity contribution in [2.45, 2.75) is 62.9 Å². The van der Waals surface area contributed by atoms with Crippen molar-refractivity contribution in [2.24, 2.45) is 0 Å². The number of methoxy groups -OCH3 is 2. The lowest BCUT2D eigenvalue weighted by Crippen LogP contribution is -2.08. The van der Waals surface area contributed by atoms with Crippen LogP contribution >= 0.6 is 50.5 Å². The lowest BCUT2D eigenvalue weighted by Gasteiger charge is -2.22. The first-order chi connectivity index (χ1) is 17.3. The van der Waals surface area contributed by atoms with E-state index in [0.29, 0.717) is 36.2 Å². The van der Waals surface area contributed by atoms with Crippen LogP contribution in [-0.2, 0) is 12.8 Å². The minimum Gasteiger partial charge on any atom is -0.493 e. The van der Waals surface area contributed by atoms with Gasteiger partial charge in [-0.15, -0.1) is 0 Å². The Morgan fingerprint density at radius 3 is 1.36 bits per heavy atom. The van der Waals surface area contributed by atoms with E-state index in [4.69, 9.17) is 18.9 Å². The summed E-state index contributed by atoms with van der Waals surface area (Å²) in [5.74, 6) is 4.48. The molecule has 2 rings (SSSR count). The molecule has 0 heterocycles. The topological polar surface area (TPSA) is 36.9 Å². The SMILES string of the molecule is COc1cc(CCCS)cc(-c2cc(CCCS)cc(OC)c2OCCC(C)S)c1OCCC(C)S. The van der Waals surface area contributed by atoms with Gasteiger partial charge in [-0.05, 0) is 85.4 Å². The predicted molar refractivity (Wildman–Crippen MR) is 166 cm³/mol. The largest absolute Gasteiger partial charge is 0.493 e. The maximum atomic E-state index is 6.37. The van der Waals surface area contributed by atoms with E-state index in [2.05, 4.69) is 88.6 Å². The zero-order valence-corrected chi connectivity index (χ0v) is 25.5. The number of benzene rings is 2. The summed E-state index contributed by atoms with van der Waals surface area (Å²) in [7, 11) is 3.37. The second-order valence-electron chi connectivity index (χ2n) is 8.98. The zero-order valence-electron chi connectivity index (χ0n) is 22.0. The van der Waals surface area contributed by atoms with Crippen LogP contribution in [0.2, 0.25) is 0 Å². The van der Waals surface area contributed by atoms with Crippen LogP contribution in [0.15, 0.2) is 24.3 Å². The first-order valence-electron chi connectivity index (χ1n) is 12.6. The van der Waals surface area contributed by atoms with Crippen molar-refractivity contribution >= 4 is 50.5 Å². The Morgan fingerprint density at radius 1 is 0.667 bits per heavy atom. The molecule has 2 aromatic carbocycles. The summed E-state index contributed by atoms with van der Waals surface area (Å²) in [6, 6.07) is 8.52. The van der Waals surface area contributed by atoms with E-state index >= 15 is 0 Å². The summed E-state index contributed by atoms with van der Waals surface area (Å²) in [4.78, 5) is 0. The van der Waals surface area contributed by atoms with Gasteiger partial charge in [0.1, 0.15) is 0 Å². The third kappa shape index (κ3) is 9.73. The van der Waals surface area contributed by atoms with E-state index in [9.17, 15) is 0 Å². The molecule has 0 fully saturated rings. The Hall–Kier alpha value is -0.960. The summed E-state index contributed by atoms with van der Waals surface area (Å²) in [5.41, 5.74) is 4.21. The first kappa shape index (κ1) is 31.3. The van der Waals surface area contributed by atoms with Crippen LogP contribution in [0.4, 0.5) is 0 Å². The Kier molecular flexibility index (Phi) is 14.6. The third-order valence-corrected chi connectivity index (χ3v) is 6.92. The van der Waals surface area contributed by atoms with Gasteiger partial charge in [0.15, 0.2) is 23.0 Å². The quantitative estimate of drug-likeness (QED) is 0.151. The van der Waals surface area contributed by atoms with Crippen LogP contribution in [0, 0.1) is 0 Å². The van der Waals surface area contributed by atoms with E-state index in [1.165, 1.54) is 11.1 Å². The van der Waals surface area contributed by atoms with Gasteiger partial charge in [-0.3, -0.25) is 0 Å². The van der Waals surface area contributed by atoms with Gasteiger partial charge < -0.3 is 18.9 Å². The molecule has 0 aliphatic rings. The van der Waals surface area contributed by atoms with Gasteiger partial charge in [-0.2, -0.15) is 50.5 Å². The van der Waals surface area contributed by atoms with Crippen molar-refractivity contribution in [3.05, 3.63) is 35.4 Å². The number of aryl methyl sites for hydroxylation is 2. The van der Waals surface area contributed by atoms with Gasteiger partial charge in [0, 0.05) is 21.6 Å². The highest BCUT2D eigenvalue weighted by molar-refractivity contribution is 7.81. The molecule has 0 aromatic heterocycles. The second-order valence-corrected chi connectivity index (χ2v) is 11.6. The summed E-state index contributed by atoms with van der Waals surface area (Å²) in [6.45, 7) is 5.20. The fraction of sp³-hybridized carbons (Fsp3) is 0.571. The third-order valence-electron chi connectivity index (χ3n) is 5.77. The summed E-state index contributed by atoms with van der Waals surface area (Å²) in [6.07, 6.45) is 5.37. The van der Waals surface area contributed by atoms with Crippen LogP contribution in [0.25, 0.3) is 11.1 Å². The zero-order chi connectivity index (χ0) is 26.5. The fourth-order valence-corrected chi connectivity index (χ4v) is 4.36. The van der Waals surface area contributed by atoms with Gasteiger partial charge >= 0.3 is 0 Å². The van der Waals surface area contributed by atoms with Crippen molar-refractivity contribution in [1.29, 1.82) is 0 Å². The highest BCUT2D eigenvalue weighted by atomic mass is 32.1. The predicted octanol–water partition coefficient (Wildman–Crippen LogP) is 7.27. The monoisotopic (exact) mass is 570 g/mol. The van der Waals surface area contributed by atoms with Crippen molar-refractivity contribution < 1.29 is 18.9 Å². The minimum absolute atomic E-state index is 0.237. The average Bonchev–Trinajstić information content (AvgIpc) is 2.86. The summed E-state index contributed by atoms with van der Waals surface area (Å²) in [5, 5.41) is 0.474. The Balaban J connectivity index is 2.72. The molecule has 2 atom stereocenters. The number of hydrogen-bond donors (Lipinski definition) is 4. The van der Waals surface area contributed by atoms with E-state index in [0.717, 1.165) is 61.2 Å². The van der Waals surface area contributed by atoms with Crippen LogP contribution in [-0.4, -0.2) is 49.4 Å².